The fraction of sp³-hybridized carbons (Fsp3) is 0.444. The van der Waals surface area contributed by atoms with Gasteiger partial charge in [0.1, 0.15) is 0 Å². The number of guanidine groups is 1. The van der Waals surface area contributed by atoms with Crippen LogP contribution in [0.15, 0.2) is 23.2 Å². The molecular weight excluding hydrogens is 342 g/mol. The second-order valence-electron chi connectivity index (χ2n) is 5.65. The number of aromatic nitrogens is 1. The Hall–Kier alpha value is -2.02. The third kappa shape index (κ3) is 5.77. The number of hydrogen-bond donors (Lipinski definition) is 2. The minimum Gasteiger partial charge on any atom is -0.357 e. The molecule has 1 aromatic carbocycles. The number of thiazole rings is 1. The van der Waals surface area contributed by atoms with Crippen molar-refractivity contribution in [2.45, 2.75) is 33.6 Å². The van der Waals surface area contributed by atoms with Gasteiger partial charge in [-0.25, -0.2) is 13.8 Å². The number of hydrogen-bond acceptors (Lipinski definition) is 3. The molecule has 0 fully saturated rings. The molecule has 0 saturated heterocycles. The number of nitrogens with zero attached hydrogens (tertiary/aromatic N) is 2. The first-order chi connectivity index (χ1) is 12.0. The van der Waals surface area contributed by atoms with Crippen molar-refractivity contribution in [2.24, 2.45) is 4.99 Å². The lowest BCUT2D eigenvalue weighted by Gasteiger charge is -2.11. The highest BCUT2D eigenvalue weighted by Crippen LogP contribution is 2.16. The van der Waals surface area contributed by atoms with Gasteiger partial charge >= 0.3 is 0 Å². The van der Waals surface area contributed by atoms with E-state index < -0.39 is 11.6 Å². The summed E-state index contributed by atoms with van der Waals surface area (Å²) < 4.78 is 26.9. The maximum atomic E-state index is 13.6. The van der Waals surface area contributed by atoms with Crippen LogP contribution < -0.4 is 10.6 Å². The van der Waals surface area contributed by atoms with Crippen LogP contribution in [0.5, 0.6) is 0 Å². The Balaban J connectivity index is 1.85. The lowest BCUT2D eigenvalue weighted by molar-refractivity contribution is 0.498. The normalized spacial score (nSPS) is 11.6. The lowest BCUT2D eigenvalue weighted by Crippen LogP contribution is -2.38. The van der Waals surface area contributed by atoms with Crippen LogP contribution in [0, 0.1) is 25.5 Å². The van der Waals surface area contributed by atoms with Gasteiger partial charge in [0.2, 0.25) is 0 Å². The number of aryl methyl sites for hydroxylation is 2. The maximum Gasteiger partial charge on any atom is 0.191 e. The largest absolute Gasteiger partial charge is 0.357 e. The van der Waals surface area contributed by atoms with Gasteiger partial charge in [-0.1, -0.05) is 12.1 Å². The minimum atomic E-state index is -0.813. The van der Waals surface area contributed by atoms with Gasteiger partial charge in [-0.3, -0.25) is 4.99 Å². The molecule has 0 aliphatic rings. The molecule has 2 rings (SSSR count). The van der Waals surface area contributed by atoms with Gasteiger partial charge in [0.15, 0.2) is 17.6 Å². The van der Waals surface area contributed by atoms with Crippen LogP contribution >= 0.6 is 11.3 Å². The molecule has 25 heavy (non-hydrogen) atoms. The molecule has 0 atom stereocenters. The van der Waals surface area contributed by atoms with Crippen LogP contribution in [-0.4, -0.2) is 30.6 Å². The van der Waals surface area contributed by atoms with Crippen LogP contribution in [0.1, 0.15) is 28.1 Å². The highest BCUT2D eigenvalue weighted by atomic mass is 32.1. The summed E-state index contributed by atoms with van der Waals surface area (Å²) >= 11 is 1.70. The molecule has 2 N–H and O–H groups in total. The van der Waals surface area contributed by atoms with Crippen LogP contribution in [0.2, 0.25) is 0 Å². The van der Waals surface area contributed by atoms with Gasteiger partial charge in [0.05, 0.1) is 10.7 Å². The molecule has 0 aliphatic heterocycles. The SMILES string of the molecule is CCNC(=NCCc1nc(C)c(C)s1)NCCc1cccc(F)c1F. The Bertz CT molecular complexity index is 708. The Kier molecular flexibility index (Phi) is 7.31. The predicted octanol–water partition coefficient (Wildman–Crippen LogP) is 3.38. The Morgan fingerprint density at radius 1 is 1.20 bits per heavy atom. The summed E-state index contributed by atoms with van der Waals surface area (Å²) in [6.07, 6.45) is 1.17. The van der Waals surface area contributed by atoms with E-state index in [1.807, 2.05) is 13.8 Å². The Morgan fingerprint density at radius 3 is 2.68 bits per heavy atom. The van der Waals surface area contributed by atoms with E-state index in [4.69, 9.17) is 0 Å². The van der Waals surface area contributed by atoms with E-state index in [1.165, 1.54) is 10.9 Å². The molecule has 2 aromatic rings. The molecule has 7 heteroatoms. The van der Waals surface area contributed by atoms with Crippen LogP contribution in [0.4, 0.5) is 8.78 Å². The molecule has 0 aliphatic carbocycles. The third-order valence-corrected chi connectivity index (χ3v) is 4.86. The van der Waals surface area contributed by atoms with Crippen molar-refractivity contribution < 1.29 is 8.78 Å². The number of nitrogens with one attached hydrogen (secondary N) is 2. The summed E-state index contributed by atoms with van der Waals surface area (Å²) in [5, 5.41) is 7.38. The quantitative estimate of drug-likeness (QED) is 0.583. The van der Waals surface area contributed by atoms with Gasteiger partial charge in [-0.05, 0) is 38.8 Å². The maximum absolute atomic E-state index is 13.6. The highest BCUT2D eigenvalue weighted by Gasteiger charge is 2.07. The fourth-order valence-electron chi connectivity index (χ4n) is 2.31. The van der Waals surface area contributed by atoms with Gasteiger partial charge in [0, 0.05) is 30.9 Å². The predicted molar refractivity (Wildman–Crippen MR) is 99.3 cm³/mol. The van der Waals surface area contributed by atoms with Crippen molar-refractivity contribution in [1.29, 1.82) is 0 Å². The topological polar surface area (TPSA) is 49.3 Å². The van der Waals surface area contributed by atoms with E-state index in [1.54, 1.807) is 17.4 Å². The highest BCUT2D eigenvalue weighted by molar-refractivity contribution is 7.11. The summed E-state index contributed by atoms with van der Waals surface area (Å²) in [7, 11) is 0. The number of benzene rings is 1. The minimum absolute atomic E-state index is 0.358. The molecule has 0 radical (unpaired) electrons. The summed E-state index contributed by atoms with van der Waals surface area (Å²) in [6, 6.07) is 4.24. The molecule has 4 nitrogen and oxygen atoms in total. The van der Waals surface area contributed by atoms with Crippen molar-refractivity contribution in [3.8, 4) is 0 Å². The molecule has 0 spiro atoms. The molecule has 136 valence electrons. The van der Waals surface area contributed by atoms with Gasteiger partial charge in [-0.15, -0.1) is 11.3 Å². The van der Waals surface area contributed by atoms with Crippen molar-refractivity contribution in [3.05, 3.63) is 51.0 Å². The Labute approximate surface area is 151 Å². The van der Waals surface area contributed by atoms with E-state index >= 15 is 0 Å². The number of rotatable bonds is 7. The molecule has 0 saturated carbocycles. The Morgan fingerprint density at radius 2 is 2.00 bits per heavy atom. The third-order valence-electron chi connectivity index (χ3n) is 3.73. The van der Waals surface area contributed by atoms with Gasteiger partial charge in [-0.2, -0.15) is 0 Å². The van der Waals surface area contributed by atoms with Gasteiger partial charge in [0.25, 0.3) is 0 Å². The fourth-order valence-corrected chi connectivity index (χ4v) is 3.23. The van der Waals surface area contributed by atoms with Crippen molar-refractivity contribution in [3.63, 3.8) is 0 Å². The first-order valence-electron chi connectivity index (χ1n) is 8.39. The van der Waals surface area contributed by atoms with Crippen molar-refractivity contribution >= 4 is 17.3 Å². The summed E-state index contributed by atoms with van der Waals surface area (Å²) in [6.45, 7) is 7.89. The second-order valence-corrected chi connectivity index (χ2v) is 6.94. The van der Waals surface area contributed by atoms with E-state index in [-0.39, 0.29) is 0 Å². The zero-order valence-electron chi connectivity index (χ0n) is 14.8. The van der Waals surface area contributed by atoms with E-state index in [9.17, 15) is 8.78 Å². The van der Waals surface area contributed by atoms with Crippen LogP contribution in [0.3, 0.4) is 0 Å². The standard InChI is InChI=1S/C18H24F2N4S/c1-4-21-18(23-11-9-16-24-12(2)13(3)25-16)22-10-8-14-6-5-7-15(19)17(14)20/h5-7H,4,8-11H2,1-3H3,(H2,21,22,23). The summed E-state index contributed by atoms with van der Waals surface area (Å²) in [5.74, 6) is -0.919. The summed E-state index contributed by atoms with van der Waals surface area (Å²) in [4.78, 5) is 10.3. The number of halogens is 2. The molecule has 1 heterocycles. The van der Waals surface area contributed by atoms with Gasteiger partial charge < -0.3 is 10.6 Å². The average molecular weight is 366 g/mol. The molecule has 0 unspecified atom stereocenters. The molecule has 1 aromatic heterocycles. The second kappa shape index (κ2) is 9.46. The number of aliphatic imine (C=N–C) groups is 1. The zero-order chi connectivity index (χ0) is 18.2. The van der Waals surface area contributed by atoms with E-state index in [0.29, 0.717) is 31.0 Å². The summed E-state index contributed by atoms with van der Waals surface area (Å²) in [5.41, 5.74) is 1.43. The van der Waals surface area contributed by atoms with E-state index in [2.05, 4.69) is 27.5 Å². The monoisotopic (exact) mass is 366 g/mol. The first-order valence-corrected chi connectivity index (χ1v) is 9.21. The molecule has 0 amide bonds. The van der Waals surface area contributed by atoms with Crippen molar-refractivity contribution in [2.75, 3.05) is 19.6 Å². The lowest BCUT2D eigenvalue weighted by atomic mass is 10.1. The zero-order valence-corrected chi connectivity index (χ0v) is 15.6. The van der Waals surface area contributed by atoms with Crippen molar-refractivity contribution in [1.82, 2.24) is 15.6 Å². The smallest absolute Gasteiger partial charge is 0.191 e. The first kappa shape index (κ1) is 19.3. The van der Waals surface area contributed by atoms with Crippen LogP contribution in [-0.2, 0) is 12.8 Å². The average Bonchev–Trinajstić information content (AvgIpc) is 2.89. The molecular formula is C18H24F2N4S. The molecule has 0 bridgehead atoms. The van der Waals surface area contributed by atoms with Crippen LogP contribution in [0.25, 0.3) is 0 Å². The van der Waals surface area contributed by atoms with E-state index in [0.717, 1.165) is 29.7 Å².